The molecular weight excluding hydrogens is 535 g/mol. The van der Waals surface area contributed by atoms with Crippen molar-refractivity contribution in [2.45, 2.75) is 30.5 Å². The van der Waals surface area contributed by atoms with Gasteiger partial charge in [0.2, 0.25) is 10.0 Å². The minimum Gasteiger partial charge on any atom is -0.493 e. The van der Waals surface area contributed by atoms with Gasteiger partial charge in [0.15, 0.2) is 11.5 Å². The van der Waals surface area contributed by atoms with E-state index in [1.807, 2.05) is 6.07 Å². The summed E-state index contributed by atoms with van der Waals surface area (Å²) in [5, 5.41) is -0.210. The number of sulfonamides is 1. The molecule has 0 saturated carbocycles. The van der Waals surface area contributed by atoms with Gasteiger partial charge in [0, 0.05) is 24.5 Å². The van der Waals surface area contributed by atoms with Crippen molar-refractivity contribution in [2.24, 2.45) is 0 Å². The first-order chi connectivity index (χ1) is 18.5. The summed E-state index contributed by atoms with van der Waals surface area (Å²) in [6.07, 6.45) is -3.94. The molecule has 39 heavy (non-hydrogen) atoms. The van der Waals surface area contributed by atoms with Gasteiger partial charge in [-0.3, -0.25) is 0 Å². The Balaban J connectivity index is 1.37. The van der Waals surface area contributed by atoms with Crippen LogP contribution in [-0.2, 0) is 35.6 Å². The zero-order chi connectivity index (χ0) is 27.9. The summed E-state index contributed by atoms with van der Waals surface area (Å²) >= 11 is 0. The summed E-state index contributed by atoms with van der Waals surface area (Å²) in [4.78, 5) is 11.7. The summed E-state index contributed by atoms with van der Waals surface area (Å²) < 4.78 is 84.2. The highest BCUT2D eigenvalue weighted by Crippen LogP contribution is 2.36. The van der Waals surface area contributed by atoms with Gasteiger partial charge in [0.25, 0.3) is 0 Å². The third-order valence-electron chi connectivity index (χ3n) is 6.76. The van der Waals surface area contributed by atoms with Crippen LogP contribution >= 0.6 is 0 Å². The number of ether oxygens (including phenoxy) is 2. The number of alkyl halides is 3. The van der Waals surface area contributed by atoms with E-state index in [1.165, 1.54) is 35.7 Å². The molecule has 1 aliphatic rings. The molecule has 0 spiro atoms. The molecular formula is C28H24F3NO6S. The molecule has 3 aromatic carbocycles. The zero-order valence-electron chi connectivity index (χ0n) is 21.0. The molecule has 5 rings (SSSR count). The van der Waals surface area contributed by atoms with Crippen LogP contribution < -0.4 is 15.1 Å². The van der Waals surface area contributed by atoms with Crippen LogP contribution in [0.3, 0.4) is 0 Å². The smallest absolute Gasteiger partial charge is 0.417 e. The van der Waals surface area contributed by atoms with E-state index in [0.717, 1.165) is 11.1 Å². The van der Waals surface area contributed by atoms with Crippen LogP contribution in [-0.4, -0.2) is 33.5 Å². The molecule has 0 aliphatic carbocycles. The lowest BCUT2D eigenvalue weighted by Crippen LogP contribution is -2.36. The number of methoxy groups -OCH3 is 2. The topological polar surface area (TPSA) is 86.1 Å². The molecule has 4 aromatic rings. The highest BCUT2D eigenvalue weighted by molar-refractivity contribution is 7.89. The average Bonchev–Trinajstić information content (AvgIpc) is 2.91. The molecule has 0 bridgehead atoms. The summed E-state index contributed by atoms with van der Waals surface area (Å²) in [6.45, 7) is 0.496. The lowest BCUT2D eigenvalue weighted by molar-refractivity contribution is -0.136. The average molecular weight is 560 g/mol. The fourth-order valence-corrected chi connectivity index (χ4v) is 6.20. The second-order valence-electron chi connectivity index (χ2n) is 9.19. The number of nitrogens with zero attached hydrogens (tertiary/aromatic N) is 1. The lowest BCUT2D eigenvalue weighted by Gasteiger charge is -2.29. The maximum atomic E-state index is 13.5. The fourth-order valence-electron chi connectivity index (χ4n) is 4.78. The predicted molar refractivity (Wildman–Crippen MR) is 138 cm³/mol. The summed E-state index contributed by atoms with van der Waals surface area (Å²) in [5.41, 5.74) is 0.808. The van der Waals surface area contributed by atoms with Gasteiger partial charge in [0.1, 0.15) is 5.58 Å². The van der Waals surface area contributed by atoms with Crippen molar-refractivity contribution >= 4 is 21.0 Å². The van der Waals surface area contributed by atoms with Crippen molar-refractivity contribution in [1.29, 1.82) is 0 Å². The molecule has 0 N–H and O–H groups in total. The summed E-state index contributed by atoms with van der Waals surface area (Å²) in [5.74, 6) is 1.12. The Hall–Kier alpha value is -3.83. The second-order valence-corrected chi connectivity index (χ2v) is 11.1. The number of fused-ring (bicyclic) bond motifs is 2. The number of hydrogen-bond donors (Lipinski definition) is 0. The Bertz CT molecular complexity index is 1710. The molecule has 7 nitrogen and oxygen atoms in total. The van der Waals surface area contributed by atoms with Crippen molar-refractivity contribution in [1.82, 2.24) is 4.31 Å². The minimum absolute atomic E-state index is 0.120. The number of rotatable bonds is 6. The van der Waals surface area contributed by atoms with Crippen LogP contribution in [0.25, 0.3) is 11.0 Å². The van der Waals surface area contributed by atoms with E-state index < -0.39 is 27.4 Å². The quantitative estimate of drug-likeness (QED) is 0.303. The van der Waals surface area contributed by atoms with Crippen molar-refractivity contribution in [3.05, 3.63) is 98.9 Å². The van der Waals surface area contributed by atoms with E-state index in [4.69, 9.17) is 13.9 Å². The molecule has 0 radical (unpaired) electrons. The van der Waals surface area contributed by atoms with Crippen molar-refractivity contribution in [3.63, 3.8) is 0 Å². The van der Waals surface area contributed by atoms with Crippen molar-refractivity contribution in [2.75, 3.05) is 20.8 Å². The Morgan fingerprint density at radius 3 is 2.18 bits per heavy atom. The van der Waals surface area contributed by atoms with Crippen LogP contribution in [0.15, 0.2) is 74.8 Å². The maximum absolute atomic E-state index is 13.5. The molecule has 0 saturated heterocycles. The third-order valence-corrected chi connectivity index (χ3v) is 8.62. The highest BCUT2D eigenvalue weighted by Gasteiger charge is 2.34. The van der Waals surface area contributed by atoms with Crippen LogP contribution in [0, 0.1) is 0 Å². The van der Waals surface area contributed by atoms with E-state index in [1.54, 1.807) is 31.4 Å². The van der Waals surface area contributed by atoms with E-state index in [0.29, 0.717) is 41.7 Å². The van der Waals surface area contributed by atoms with Crippen LogP contribution in [0.1, 0.15) is 27.8 Å². The Labute approximate surface area is 222 Å². The van der Waals surface area contributed by atoms with Crippen molar-refractivity contribution < 1.29 is 35.5 Å². The van der Waals surface area contributed by atoms with Crippen LogP contribution in [0.4, 0.5) is 13.2 Å². The van der Waals surface area contributed by atoms with Gasteiger partial charge in [-0.1, -0.05) is 18.2 Å². The molecule has 2 heterocycles. The largest absolute Gasteiger partial charge is 0.493 e. The van der Waals surface area contributed by atoms with Gasteiger partial charge in [-0.2, -0.15) is 17.5 Å². The van der Waals surface area contributed by atoms with E-state index in [9.17, 15) is 26.4 Å². The highest BCUT2D eigenvalue weighted by atomic mass is 32.2. The molecule has 0 amide bonds. The van der Waals surface area contributed by atoms with Crippen LogP contribution in [0.5, 0.6) is 11.5 Å². The Morgan fingerprint density at radius 2 is 1.54 bits per heavy atom. The molecule has 0 unspecified atom stereocenters. The predicted octanol–water partition coefficient (Wildman–Crippen LogP) is 5.17. The number of halogens is 3. The van der Waals surface area contributed by atoms with Gasteiger partial charge >= 0.3 is 11.8 Å². The Morgan fingerprint density at radius 1 is 0.897 bits per heavy atom. The summed E-state index contributed by atoms with van der Waals surface area (Å²) in [7, 11) is -0.720. The molecule has 1 aromatic heterocycles. The molecule has 0 atom stereocenters. The molecule has 0 fully saturated rings. The second kappa shape index (κ2) is 10.0. The van der Waals surface area contributed by atoms with Crippen molar-refractivity contribution in [3.8, 4) is 11.5 Å². The number of hydrogen-bond acceptors (Lipinski definition) is 6. The van der Waals surface area contributed by atoms with Gasteiger partial charge in [-0.15, -0.1) is 0 Å². The lowest BCUT2D eigenvalue weighted by atomic mass is 10.0. The SMILES string of the molecule is COc1cc2c(cc1OC)CN(S(=O)(=O)c1ccc(Cc3ccc4oc(=O)cc(C(F)(F)F)c4c3)cc1)CC2. The zero-order valence-corrected chi connectivity index (χ0v) is 21.9. The minimum atomic E-state index is -4.71. The van der Waals surface area contributed by atoms with Gasteiger partial charge in [-0.25, -0.2) is 13.2 Å². The Kier molecular flexibility index (Phi) is 6.90. The first kappa shape index (κ1) is 26.8. The summed E-state index contributed by atoms with van der Waals surface area (Å²) in [6, 6.07) is 14.6. The van der Waals surface area contributed by atoms with Gasteiger partial charge in [0.05, 0.1) is 24.7 Å². The first-order valence-corrected chi connectivity index (χ1v) is 13.4. The fraction of sp³-hybridized carbons (Fsp3) is 0.250. The number of benzene rings is 3. The molecule has 204 valence electrons. The first-order valence-electron chi connectivity index (χ1n) is 12.0. The molecule has 1 aliphatic heterocycles. The third kappa shape index (κ3) is 5.24. The standard InChI is InChI=1S/C28H24F3NO6S/c1-36-25-13-19-9-10-32(16-20(19)14-26(25)37-2)39(34,35)21-6-3-17(4-7-21)11-18-5-8-24-22(12-18)23(28(29,30)31)15-27(33)38-24/h3-8,12-15H,9-11,16H2,1-2H3. The van der Waals surface area contributed by atoms with Gasteiger partial charge in [-0.05, 0) is 71.5 Å². The van der Waals surface area contributed by atoms with Gasteiger partial charge < -0.3 is 13.9 Å². The van der Waals surface area contributed by atoms with E-state index in [2.05, 4.69) is 0 Å². The molecule has 11 heteroatoms. The van der Waals surface area contributed by atoms with E-state index >= 15 is 0 Å². The normalized spacial score (nSPS) is 14.3. The van der Waals surface area contributed by atoms with E-state index in [-0.39, 0.29) is 28.8 Å². The van der Waals surface area contributed by atoms with Crippen LogP contribution in [0.2, 0.25) is 0 Å². The monoisotopic (exact) mass is 559 g/mol. The maximum Gasteiger partial charge on any atom is 0.417 e.